The van der Waals surface area contributed by atoms with Crippen LogP contribution in [0.1, 0.15) is 30.3 Å². The molecule has 1 aliphatic rings. The molecule has 0 amide bonds. The molecule has 2 N–H and O–H groups in total. The van der Waals surface area contributed by atoms with E-state index in [2.05, 4.69) is 17.2 Å². The minimum Gasteiger partial charge on any atom is -0.477 e. The average Bonchev–Trinajstić information content (AvgIpc) is 2.30. The fourth-order valence-corrected chi connectivity index (χ4v) is 1.98. The highest BCUT2D eigenvalue weighted by atomic mass is 16.5. The molecule has 1 unspecified atom stereocenters. The zero-order valence-corrected chi connectivity index (χ0v) is 9.77. The number of nitrogens with zero attached hydrogens (tertiary/aromatic N) is 1. The zero-order valence-electron chi connectivity index (χ0n) is 9.77. The predicted molar refractivity (Wildman–Crippen MR) is 63.3 cm³/mol. The van der Waals surface area contributed by atoms with Crippen LogP contribution in [0.15, 0.2) is 18.3 Å². The molecular weight excluding hydrogens is 220 g/mol. The molecule has 17 heavy (non-hydrogen) atoms. The van der Waals surface area contributed by atoms with Crippen molar-refractivity contribution in [2.75, 3.05) is 18.5 Å². The standard InChI is InChI=1S/C12H16N2O3/c1-12(5-2-6-17-8-12)14-9-3-4-10(11(15)16)13-7-9/h3-4,7,14H,2,5-6,8H2,1H3,(H,15,16). The molecule has 1 atom stereocenters. The van der Waals surface area contributed by atoms with Crippen LogP contribution in [0.25, 0.3) is 0 Å². The van der Waals surface area contributed by atoms with E-state index < -0.39 is 5.97 Å². The minimum atomic E-state index is -1.01. The summed E-state index contributed by atoms with van der Waals surface area (Å²) in [5, 5.41) is 12.1. The molecule has 92 valence electrons. The van der Waals surface area contributed by atoms with E-state index in [9.17, 15) is 4.79 Å². The third-order valence-electron chi connectivity index (χ3n) is 2.87. The number of carboxylic acids is 1. The van der Waals surface area contributed by atoms with Crippen molar-refractivity contribution in [3.63, 3.8) is 0 Å². The topological polar surface area (TPSA) is 71.5 Å². The summed E-state index contributed by atoms with van der Waals surface area (Å²) in [6, 6.07) is 3.23. The van der Waals surface area contributed by atoms with E-state index in [1.807, 2.05) is 0 Å². The Morgan fingerprint density at radius 2 is 2.41 bits per heavy atom. The van der Waals surface area contributed by atoms with E-state index in [4.69, 9.17) is 9.84 Å². The van der Waals surface area contributed by atoms with Crippen molar-refractivity contribution >= 4 is 11.7 Å². The molecule has 0 radical (unpaired) electrons. The monoisotopic (exact) mass is 236 g/mol. The first-order valence-electron chi connectivity index (χ1n) is 5.64. The first kappa shape index (κ1) is 11.9. The second-order valence-electron chi connectivity index (χ2n) is 4.58. The summed E-state index contributed by atoms with van der Waals surface area (Å²) in [6.07, 6.45) is 3.61. The maximum Gasteiger partial charge on any atom is 0.354 e. The Morgan fingerprint density at radius 3 is 2.94 bits per heavy atom. The first-order chi connectivity index (χ1) is 8.09. The lowest BCUT2D eigenvalue weighted by atomic mass is 9.94. The molecule has 1 aromatic heterocycles. The number of pyridine rings is 1. The highest BCUT2D eigenvalue weighted by Gasteiger charge is 2.27. The summed E-state index contributed by atoms with van der Waals surface area (Å²) in [5.41, 5.74) is 0.786. The molecule has 1 aliphatic heterocycles. The lowest BCUT2D eigenvalue weighted by molar-refractivity contribution is 0.0540. The molecule has 0 aliphatic carbocycles. The van der Waals surface area contributed by atoms with Gasteiger partial charge in [-0.05, 0) is 31.9 Å². The third kappa shape index (κ3) is 2.94. The van der Waals surface area contributed by atoms with Crippen LogP contribution in [0.2, 0.25) is 0 Å². The Labute approximate surface area is 99.8 Å². The first-order valence-corrected chi connectivity index (χ1v) is 5.64. The van der Waals surface area contributed by atoms with Gasteiger partial charge < -0.3 is 15.2 Å². The van der Waals surface area contributed by atoms with Gasteiger partial charge in [-0.15, -0.1) is 0 Å². The Bertz CT molecular complexity index is 397. The highest BCUT2D eigenvalue weighted by molar-refractivity contribution is 5.85. The number of hydrogen-bond donors (Lipinski definition) is 2. The molecule has 5 heteroatoms. The maximum atomic E-state index is 10.7. The summed E-state index contributed by atoms with van der Waals surface area (Å²) >= 11 is 0. The fourth-order valence-electron chi connectivity index (χ4n) is 1.98. The van der Waals surface area contributed by atoms with Crippen molar-refractivity contribution < 1.29 is 14.6 Å². The quantitative estimate of drug-likeness (QED) is 0.836. The number of anilines is 1. The lowest BCUT2D eigenvalue weighted by Crippen LogP contribution is -2.43. The second kappa shape index (κ2) is 4.71. The molecule has 0 spiro atoms. The van der Waals surface area contributed by atoms with Crippen LogP contribution in [-0.4, -0.2) is 34.8 Å². The average molecular weight is 236 g/mol. The molecule has 1 saturated heterocycles. The minimum absolute atomic E-state index is 0.0561. The van der Waals surface area contributed by atoms with E-state index in [1.54, 1.807) is 12.3 Å². The third-order valence-corrected chi connectivity index (χ3v) is 2.87. The Balaban J connectivity index is 2.05. The van der Waals surface area contributed by atoms with Gasteiger partial charge in [-0.2, -0.15) is 0 Å². The molecule has 1 fully saturated rings. The number of nitrogens with one attached hydrogen (secondary N) is 1. The van der Waals surface area contributed by atoms with Crippen LogP contribution in [0.3, 0.4) is 0 Å². The number of aromatic nitrogens is 1. The van der Waals surface area contributed by atoms with Gasteiger partial charge >= 0.3 is 5.97 Å². The van der Waals surface area contributed by atoms with Crippen LogP contribution in [0, 0.1) is 0 Å². The van der Waals surface area contributed by atoms with Gasteiger partial charge in [-0.1, -0.05) is 0 Å². The molecular formula is C12H16N2O3. The Kier molecular flexibility index (Phi) is 3.28. The predicted octanol–water partition coefficient (Wildman–Crippen LogP) is 1.76. The van der Waals surface area contributed by atoms with Gasteiger partial charge in [-0.3, -0.25) is 0 Å². The van der Waals surface area contributed by atoms with E-state index in [0.717, 1.165) is 25.1 Å². The molecule has 2 rings (SSSR count). The lowest BCUT2D eigenvalue weighted by Gasteiger charge is -2.35. The van der Waals surface area contributed by atoms with E-state index in [1.165, 1.54) is 6.07 Å². The number of carbonyl (C=O) groups is 1. The summed E-state index contributed by atoms with van der Waals surface area (Å²) in [7, 11) is 0. The summed E-state index contributed by atoms with van der Waals surface area (Å²) in [4.78, 5) is 14.5. The smallest absolute Gasteiger partial charge is 0.354 e. The van der Waals surface area contributed by atoms with Crippen LogP contribution in [0.5, 0.6) is 0 Å². The molecule has 1 aromatic rings. The van der Waals surface area contributed by atoms with Crippen LogP contribution >= 0.6 is 0 Å². The summed E-state index contributed by atoms with van der Waals surface area (Å²) in [6.45, 7) is 3.57. The molecule has 0 saturated carbocycles. The van der Waals surface area contributed by atoms with E-state index >= 15 is 0 Å². The maximum absolute atomic E-state index is 10.7. The largest absolute Gasteiger partial charge is 0.477 e. The summed E-state index contributed by atoms with van der Waals surface area (Å²) in [5.74, 6) is -1.01. The molecule has 0 bridgehead atoms. The van der Waals surface area contributed by atoms with Crippen LogP contribution < -0.4 is 5.32 Å². The Morgan fingerprint density at radius 1 is 1.59 bits per heavy atom. The van der Waals surface area contributed by atoms with E-state index in [-0.39, 0.29) is 11.2 Å². The normalized spacial score (nSPS) is 24.3. The van der Waals surface area contributed by atoms with Gasteiger partial charge in [0.1, 0.15) is 5.69 Å². The SMILES string of the molecule is CC1(Nc2ccc(C(=O)O)nc2)CCCOC1. The second-order valence-corrected chi connectivity index (χ2v) is 4.58. The van der Waals surface area contributed by atoms with Crippen LogP contribution in [0.4, 0.5) is 5.69 Å². The van der Waals surface area contributed by atoms with Crippen molar-refractivity contribution in [1.29, 1.82) is 0 Å². The van der Waals surface area contributed by atoms with Gasteiger partial charge in [-0.25, -0.2) is 9.78 Å². The summed E-state index contributed by atoms with van der Waals surface area (Å²) < 4.78 is 5.44. The highest BCUT2D eigenvalue weighted by Crippen LogP contribution is 2.23. The van der Waals surface area contributed by atoms with E-state index in [0.29, 0.717) is 6.61 Å². The molecule has 2 heterocycles. The fraction of sp³-hybridized carbons (Fsp3) is 0.500. The van der Waals surface area contributed by atoms with Gasteiger partial charge in [0.25, 0.3) is 0 Å². The number of carboxylic acid groups (broad SMARTS) is 1. The number of rotatable bonds is 3. The number of aromatic carboxylic acids is 1. The Hall–Kier alpha value is -1.62. The van der Waals surface area contributed by atoms with Crippen molar-refractivity contribution in [3.05, 3.63) is 24.0 Å². The number of hydrogen-bond acceptors (Lipinski definition) is 4. The zero-order chi connectivity index (χ0) is 12.3. The van der Waals surface area contributed by atoms with Gasteiger partial charge in [0.2, 0.25) is 0 Å². The van der Waals surface area contributed by atoms with Gasteiger partial charge in [0.05, 0.1) is 24.0 Å². The van der Waals surface area contributed by atoms with Crippen molar-refractivity contribution in [2.45, 2.75) is 25.3 Å². The number of ether oxygens (including phenoxy) is 1. The van der Waals surface area contributed by atoms with Crippen LogP contribution in [-0.2, 0) is 4.74 Å². The van der Waals surface area contributed by atoms with Crippen molar-refractivity contribution in [1.82, 2.24) is 4.98 Å². The van der Waals surface area contributed by atoms with Gasteiger partial charge in [0.15, 0.2) is 0 Å². The van der Waals surface area contributed by atoms with Crippen molar-refractivity contribution in [2.24, 2.45) is 0 Å². The van der Waals surface area contributed by atoms with Crippen molar-refractivity contribution in [3.8, 4) is 0 Å². The molecule has 0 aromatic carbocycles. The van der Waals surface area contributed by atoms with Gasteiger partial charge in [0, 0.05) is 6.61 Å². The molecule has 5 nitrogen and oxygen atoms in total.